The molecule has 0 atom stereocenters. The number of hydrogen-bond acceptors (Lipinski definition) is 3. The van der Waals surface area contributed by atoms with Gasteiger partial charge in [0.1, 0.15) is 0 Å². The largest absolute Gasteiger partial charge is 0.339 e. The zero-order chi connectivity index (χ0) is 19.4. The first-order valence-corrected chi connectivity index (χ1v) is 10.5. The van der Waals surface area contributed by atoms with Crippen LogP contribution in [-0.2, 0) is 16.8 Å². The van der Waals surface area contributed by atoms with Gasteiger partial charge in [0, 0.05) is 32.7 Å². The minimum Gasteiger partial charge on any atom is -0.339 e. The molecule has 4 nitrogen and oxygen atoms in total. The van der Waals surface area contributed by atoms with Crippen molar-refractivity contribution < 1.29 is 4.79 Å². The maximum absolute atomic E-state index is 13.7. The average molecular weight is 378 g/mol. The van der Waals surface area contributed by atoms with Crippen LogP contribution >= 0.6 is 0 Å². The third-order valence-corrected chi connectivity index (χ3v) is 6.48. The number of amides is 1. The predicted octanol–water partition coefficient (Wildman–Crippen LogP) is 2.99. The van der Waals surface area contributed by atoms with E-state index in [1.54, 1.807) is 0 Å². The van der Waals surface area contributed by atoms with E-state index in [9.17, 15) is 4.79 Å². The highest BCUT2D eigenvalue weighted by Crippen LogP contribution is 2.37. The highest BCUT2D eigenvalue weighted by atomic mass is 16.2. The highest BCUT2D eigenvalue weighted by Gasteiger charge is 2.44. The summed E-state index contributed by atoms with van der Waals surface area (Å²) in [6.07, 6.45) is 1.83. The average Bonchev–Trinajstić information content (AvgIpc) is 2.76. The predicted molar refractivity (Wildman–Crippen MR) is 113 cm³/mol. The Hall–Kier alpha value is -2.17. The number of rotatable bonds is 4. The fourth-order valence-corrected chi connectivity index (χ4v) is 4.64. The summed E-state index contributed by atoms with van der Waals surface area (Å²) in [5.74, 6) is 0.339. The van der Waals surface area contributed by atoms with Crippen molar-refractivity contribution in [2.75, 3.05) is 46.3 Å². The molecule has 2 aliphatic heterocycles. The van der Waals surface area contributed by atoms with E-state index in [4.69, 9.17) is 0 Å². The molecule has 0 aromatic heterocycles. The minimum absolute atomic E-state index is 0.339. The first-order chi connectivity index (χ1) is 13.7. The summed E-state index contributed by atoms with van der Waals surface area (Å²) < 4.78 is 0. The van der Waals surface area contributed by atoms with Crippen molar-refractivity contribution in [2.24, 2.45) is 0 Å². The van der Waals surface area contributed by atoms with Crippen molar-refractivity contribution in [3.63, 3.8) is 0 Å². The molecular formula is C24H31N3O. The second-order valence-electron chi connectivity index (χ2n) is 8.31. The topological polar surface area (TPSA) is 26.8 Å². The molecule has 2 aromatic carbocycles. The van der Waals surface area contributed by atoms with Crippen LogP contribution in [0.1, 0.15) is 24.0 Å². The molecule has 28 heavy (non-hydrogen) atoms. The lowest BCUT2D eigenvalue weighted by Gasteiger charge is -2.45. The smallest absolute Gasteiger partial charge is 0.233 e. The first-order valence-electron chi connectivity index (χ1n) is 10.5. The molecule has 0 aliphatic carbocycles. The molecule has 2 heterocycles. The van der Waals surface area contributed by atoms with Crippen LogP contribution in [0.15, 0.2) is 60.7 Å². The van der Waals surface area contributed by atoms with Gasteiger partial charge in [-0.05, 0) is 44.1 Å². The summed E-state index contributed by atoms with van der Waals surface area (Å²) in [6, 6.07) is 21.1. The van der Waals surface area contributed by atoms with Crippen molar-refractivity contribution in [3.05, 3.63) is 71.8 Å². The summed E-state index contributed by atoms with van der Waals surface area (Å²) in [5.41, 5.74) is 2.19. The number of piperazine rings is 1. The molecule has 4 heteroatoms. The number of hydrogen-bond donors (Lipinski definition) is 0. The molecule has 4 rings (SSSR count). The van der Waals surface area contributed by atoms with Crippen molar-refractivity contribution in [1.82, 2.24) is 14.7 Å². The molecule has 0 unspecified atom stereocenters. The Morgan fingerprint density at radius 3 is 2.00 bits per heavy atom. The zero-order valence-corrected chi connectivity index (χ0v) is 16.9. The number of nitrogens with zero attached hydrogens (tertiary/aromatic N) is 3. The number of benzene rings is 2. The third-order valence-electron chi connectivity index (χ3n) is 6.48. The van der Waals surface area contributed by atoms with E-state index in [-0.39, 0.29) is 5.41 Å². The van der Waals surface area contributed by atoms with Crippen LogP contribution < -0.4 is 0 Å². The van der Waals surface area contributed by atoms with E-state index in [2.05, 4.69) is 76.3 Å². The second-order valence-corrected chi connectivity index (χ2v) is 8.31. The Bertz CT molecular complexity index is 761. The standard InChI is InChI=1S/C24H31N3O/c1-25-14-12-24(13-15-25,22-10-6-3-7-11-22)23(28)27-18-16-26(17-19-27)20-21-8-4-2-5-9-21/h2-11H,12-20H2,1H3. The van der Waals surface area contributed by atoms with Gasteiger partial charge >= 0.3 is 0 Å². The monoisotopic (exact) mass is 377 g/mol. The Labute approximate surface area is 168 Å². The fraction of sp³-hybridized carbons (Fsp3) is 0.458. The molecule has 1 amide bonds. The van der Waals surface area contributed by atoms with Crippen LogP contribution in [0.4, 0.5) is 0 Å². The number of carbonyl (C=O) groups excluding carboxylic acids is 1. The number of piperidine rings is 1. The summed E-state index contributed by atoms with van der Waals surface area (Å²) in [4.78, 5) is 20.7. The minimum atomic E-state index is -0.352. The van der Waals surface area contributed by atoms with E-state index in [0.717, 1.165) is 58.7 Å². The van der Waals surface area contributed by atoms with Gasteiger partial charge in [0.15, 0.2) is 0 Å². The summed E-state index contributed by atoms with van der Waals surface area (Å²) in [6.45, 7) is 6.49. The van der Waals surface area contributed by atoms with Crippen molar-refractivity contribution in [1.29, 1.82) is 0 Å². The Kier molecular flexibility index (Phi) is 5.79. The van der Waals surface area contributed by atoms with E-state index in [1.807, 2.05) is 6.07 Å². The van der Waals surface area contributed by atoms with Crippen LogP contribution in [0, 0.1) is 0 Å². The lowest BCUT2D eigenvalue weighted by Crippen LogP contribution is -2.57. The van der Waals surface area contributed by atoms with Gasteiger partial charge in [-0.2, -0.15) is 0 Å². The van der Waals surface area contributed by atoms with Gasteiger partial charge in [-0.1, -0.05) is 60.7 Å². The summed E-state index contributed by atoms with van der Waals surface area (Å²) >= 11 is 0. The van der Waals surface area contributed by atoms with Gasteiger partial charge in [-0.25, -0.2) is 0 Å². The Morgan fingerprint density at radius 2 is 1.39 bits per heavy atom. The molecule has 2 saturated heterocycles. The van der Waals surface area contributed by atoms with Gasteiger partial charge in [0.25, 0.3) is 0 Å². The van der Waals surface area contributed by atoms with Crippen molar-refractivity contribution in [2.45, 2.75) is 24.8 Å². The second kappa shape index (κ2) is 8.46. The molecule has 0 bridgehead atoms. The molecule has 0 N–H and O–H groups in total. The van der Waals surface area contributed by atoms with Crippen LogP contribution in [0.2, 0.25) is 0 Å². The molecule has 0 radical (unpaired) electrons. The van der Waals surface area contributed by atoms with E-state index in [0.29, 0.717) is 5.91 Å². The lowest BCUT2D eigenvalue weighted by molar-refractivity contribution is -0.141. The highest BCUT2D eigenvalue weighted by molar-refractivity contribution is 5.88. The van der Waals surface area contributed by atoms with Crippen LogP contribution in [0.3, 0.4) is 0 Å². The van der Waals surface area contributed by atoms with E-state index >= 15 is 0 Å². The molecule has 148 valence electrons. The van der Waals surface area contributed by atoms with Crippen molar-refractivity contribution >= 4 is 5.91 Å². The molecule has 0 spiro atoms. The van der Waals surface area contributed by atoms with E-state index < -0.39 is 0 Å². The Balaban J connectivity index is 1.45. The van der Waals surface area contributed by atoms with Crippen LogP contribution in [0.5, 0.6) is 0 Å². The maximum atomic E-state index is 13.7. The summed E-state index contributed by atoms with van der Waals surface area (Å²) in [7, 11) is 2.15. The fourth-order valence-electron chi connectivity index (χ4n) is 4.64. The molecule has 0 saturated carbocycles. The van der Waals surface area contributed by atoms with Gasteiger partial charge in [0.2, 0.25) is 5.91 Å². The van der Waals surface area contributed by atoms with Crippen molar-refractivity contribution in [3.8, 4) is 0 Å². The third kappa shape index (κ3) is 3.98. The molecular weight excluding hydrogens is 346 g/mol. The first kappa shape index (κ1) is 19.2. The van der Waals surface area contributed by atoms with Crippen LogP contribution in [0.25, 0.3) is 0 Å². The van der Waals surface area contributed by atoms with Gasteiger partial charge in [-0.3, -0.25) is 9.69 Å². The van der Waals surface area contributed by atoms with Crippen LogP contribution in [-0.4, -0.2) is 66.9 Å². The normalized spacial score (nSPS) is 20.8. The quantitative estimate of drug-likeness (QED) is 0.820. The molecule has 2 fully saturated rings. The zero-order valence-electron chi connectivity index (χ0n) is 16.9. The summed E-state index contributed by atoms with van der Waals surface area (Å²) in [5, 5.41) is 0. The number of likely N-dealkylation sites (tertiary alicyclic amines) is 1. The van der Waals surface area contributed by atoms with E-state index in [1.165, 1.54) is 11.1 Å². The SMILES string of the molecule is CN1CCC(C(=O)N2CCN(Cc3ccccc3)CC2)(c2ccccc2)CC1. The lowest BCUT2D eigenvalue weighted by atomic mass is 9.71. The van der Waals surface area contributed by atoms with Gasteiger partial charge in [0.05, 0.1) is 5.41 Å². The van der Waals surface area contributed by atoms with Gasteiger partial charge in [-0.15, -0.1) is 0 Å². The number of carbonyl (C=O) groups is 1. The molecule has 2 aliphatic rings. The van der Waals surface area contributed by atoms with Gasteiger partial charge < -0.3 is 9.80 Å². The maximum Gasteiger partial charge on any atom is 0.233 e. The molecule has 2 aromatic rings. The Morgan fingerprint density at radius 1 is 0.821 bits per heavy atom.